The first-order valence-electron chi connectivity index (χ1n) is 6.93. The van der Waals surface area contributed by atoms with Gasteiger partial charge in [0.15, 0.2) is 11.6 Å². The predicted octanol–water partition coefficient (Wildman–Crippen LogP) is 2.41. The fourth-order valence-corrected chi connectivity index (χ4v) is 2.30. The van der Waals surface area contributed by atoms with Crippen molar-refractivity contribution in [1.29, 1.82) is 0 Å². The average molecular weight is 284 g/mol. The number of halogens is 1. The molecule has 0 saturated heterocycles. The van der Waals surface area contributed by atoms with Gasteiger partial charge in [0.05, 0.1) is 18.8 Å². The van der Waals surface area contributed by atoms with Crippen molar-refractivity contribution in [1.82, 2.24) is 5.43 Å². The Balaban J connectivity index is 2.90. The van der Waals surface area contributed by atoms with Crippen LogP contribution in [-0.2, 0) is 11.2 Å². The van der Waals surface area contributed by atoms with E-state index in [2.05, 4.69) is 12.3 Å². The molecule has 2 unspecified atom stereocenters. The Bertz CT molecular complexity index is 428. The zero-order valence-corrected chi connectivity index (χ0v) is 12.7. The van der Waals surface area contributed by atoms with Gasteiger partial charge >= 0.3 is 0 Å². The third kappa shape index (κ3) is 3.91. The first kappa shape index (κ1) is 16.9. The summed E-state index contributed by atoms with van der Waals surface area (Å²) in [6, 6.07) is 4.85. The number of hydrogen-bond acceptors (Lipinski definition) is 4. The van der Waals surface area contributed by atoms with Gasteiger partial charge in [-0.1, -0.05) is 13.0 Å². The molecule has 0 aliphatic carbocycles. The Morgan fingerprint density at radius 3 is 2.55 bits per heavy atom. The van der Waals surface area contributed by atoms with Crippen LogP contribution in [-0.4, -0.2) is 25.4 Å². The first-order chi connectivity index (χ1) is 9.50. The van der Waals surface area contributed by atoms with Gasteiger partial charge in [0.1, 0.15) is 0 Å². The van der Waals surface area contributed by atoms with Gasteiger partial charge in [-0.15, -0.1) is 0 Å². The molecule has 1 aromatic rings. The van der Waals surface area contributed by atoms with Crippen molar-refractivity contribution in [2.45, 2.75) is 45.3 Å². The van der Waals surface area contributed by atoms with Gasteiger partial charge in [-0.3, -0.25) is 11.3 Å². The van der Waals surface area contributed by atoms with Crippen LogP contribution in [0, 0.1) is 5.82 Å². The lowest BCUT2D eigenvalue weighted by Gasteiger charge is -2.36. The normalized spacial score (nSPS) is 15.7. The highest BCUT2D eigenvalue weighted by atomic mass is 19.1. The molecule has 20 heavy (non-hydrogen) atoms. The van der Waals surface area contributed by atoms with Crippen molar-refractivity contribution in [2.24, 2.45) is 5.84 Å². The molecule has 4 nitrogen and oxygen atoms in total. The smallest absolute Gasteiger partial charge is 0.165 e. The lowest BCUT2D eigenvalue weighted by atomic mass is 9.88. The van der Waals surface area contributed by atoms with Crippen LogP contribution in [0.25, 0.3) is 0 Å². The molecule has 5 heteroatoms. The summed E-state index contributed by atoms with van der Waals surface area (Å²) < 4.78 is 24.5. The Hall–Kier alpha value is -1.17. The summed E-state index contributed by atoms with van der Waals surface area (Å²) in [7, 11) is 1.45. The summed E-state index contributed by atoms with van der Waals surface area (Å²) in [6.07, 6.45) is 1.40. The van der Waals surface area contributed by atoms with E-state index in [4.69, 9.17) is 15.3 Å². The second-order valence-electron chi connectivity index (χ2n) is 4.99. The molecule has 0 heterocycles. The van der Waals surface area contributed by atoms with Gasteiger partial charge in [0, 0.05) is 6.61 Å². The topological polar surface area (TPSA) is 56.5 Å². The summed E-state index contributed by atoms with van der Waals surface area (Å²) in [6.45, 7) is 6.63. The molecule has 1 rings (SSSR count). The molecule has 0 fully saturated rings. The number of nitrogens with one attached hydrogen (secondary N) is 1. The maximum atomic E-state index is 13.7. The van der Waals surface area contributed by atoms with E-state index >= 15 is 0 Å². The van der Waals surface area contributed by atoms with Crippen molar-refractivity contribution < 1.29 is 13.9 Å². The molecule has 3 N–H and O–H groups in total. The molecule has 2 atom stereocenters. The van der Waals surface area contributed by atoms with E-state index in [1.165, 1.54) is 13.2 Å². The fraction of sp³-hybridized carbons (Fsp3) is 0.600. The molecule has 1 aromatic carbocycles. The highest BCUT2D eigenvalue weighted by Gasteiger charge is 2.32. The van der Waals surface area contributed by atoms with Crippen molar-refractivity contribution >= 4 is 0 Å². The van der Waals surface area contributed by atoms with Crippen molar-refractivity contribution in [3.8, 4) is 5.75 Å². The van der Waals surface area contributed by atoms with Crippen LogP contribution in [0.3, 0.4) is 0 Å². The van der Waals surface area contributed by atoms with E-state index in [1.807, 2.05) is 19.9 Å². The molecule has 0 radical (unpaired) electrons. The quantitative estimate of drug-likeness (QED) is 0.568. The van der Waals surface area contributed by atoms with E-state index < -0.39 is 0 Å². The van der Waals surface area contributed by atoms with Crippen LogP contribution in [0.5, 0.6) is 5.75 Å². The number of hydrogen-bond donors (Lipinski definition) is 2. The number of methoxy groups -OCH3 is 1. The molecule has 0 spiro atoms. The molecule has 0 saturated carbocycles. The van der Waals surface area contributed by atoms with Gasteiger partial charge in [0.2, 0.25) is 0 Å². The van der Waals surface area contributed by atoms with Crippen molar-refractivity contribution in [2.75, 3.05) is 13.7 Å². The van der Waals surface area contributed by atoms with E-state index in [0.717, 1.165) is 12.0 Å². The summed E-state index contributed by atoms with van der Waals surface area (Å²) in [5.41, 5.74) is 3.26. The minimum Gasteiger partial charge on any atom is -0.494 e. The largest absolute Gasteiger partial charge is 0.494 e. The third-order valence-corrected chi connectivity index (χ3v) is 3.77. The van der Waals surface area contributed by atoms with Gasteiger partial charge < -0.3 is 9.47 Å². The Morgan fingerprint density at radius 2 is 2.10 bits per heavy atom. The van der Waals surface area contributed by atoms with Crippen LogP contribution < -0.4 is 16.0 Å². The zero-order chi connectivity index (χ0) is 15.2. The summed E-state index contributed by atoms with van der Waals surface area (Å²) in [5.74, 6) is 5.54. The molecule has 0 aliphatic heterocycles. The zero-order valence-electron chi connectivity index (χ0n) is 12.7. The molecule has 0 aromatic heterocycles. The number of nitrogens with two attached hydrogens (primary N) is 1. The second-order valence-corrected chi connectivity index (χ2v) is 4.99. The van der Waals surface area contributed by atoms with Crippen LogP contribution in [0.1, 0.15) is 32.8 Å². The molecule has 0 aliphatic rings. The van der Waals surface area contributed by atoms with Crippen molar-refractivity contribution in [3.63, 3.8) is 0 Å². The summed E-state index contributed by atoms with van der Waals surface area (Å²) >= 11 is 0. The van der Waals surface area contributed by atoms with E-state index in [1.54, 1.807) is 6.07 Å². The number of ether oxygens (including phenoxy) is 2. The lowest BCUT2D eigenvalue weighted by molar-refractivity contribution is -0.0551. The van der Waals surface area contributed by atoms with E-state index in [9.17, 15) is 4.39 Å². The van der Waals surface area contributed by atoms with Gasteiger partial charge in [-0.05, 0) is 44.4 Å². The molecule has 0 bridgehead atoms. The number of benzene rings is 1. The fourth-order valence-electron chi connectivity index (χ4n) is 2.30. The summed E-state index contributed by atoms with van der Waals surface area (Å²) in [5, 5.41) is 0. The standard InChI is InChI=1S/C15H25FN2O2/c1-5-15(3,20-6-2)14(18-17)10-11-7-8-13(19-4)12(16)9-11/h7-9,14,18H,5-6,10,17H2,1-4H3. The minimum atomic E-state index is -0.389. The average Bonchev–Trinajstić information content (AvgIpc) is 2.45. The third-order valence-electron chi connectivity index (χ3n) is 3.77. The Kier molecular flexibility index (Phi) is 6.39. The van der Waals surface area contributed by atoms with Gasteiger partial charge in [-0.25, -0.2) is 4.39 Å². The van der Waals surface area contributed by atoms with E-state index in [0.29, 0.717) is 13.0 Å². The molecule has 0 amide bonds. The van der Waals surface area contributed by atoms with E-state index in [-0.39, 0.29) is 23.2 Å². The first-order valence-corrected chi connectivity index (χ1v) is 6.93. The second kappa shape index (κ2) is 7.57. The molecular weight excluding hydrogens is 259 g/mol. The van der Waals surface area contributed by atoms with Crippen LogP contribution in [0.2, 0.25) is 0 Å². The minimum absolute atomic E-state index is 0.0970. The SMILES string of the molecule is CCOC(C)(CC)C(Cc1ccc(OC)c(F)c1)NN. The van der Waals surface area contributed by atoms with Crippen molar-refractivity contribution in [3.05, 3.63) is 29.6 Å². The molecular formula is C15H25FN2O2. The maximum absolute atomic E-state index is 13.7. The van der Waals surface area contributed by atoms with Gasteiger partial charge in [0.25, 0.3) is 0 Å². The van der Waals surface area contributed by atoms with Gasteiger partial charge in [-0.2, -0.15) is 0 Å². The maximum Gasteiger partial charge on any atom is 0.165 e. The highest BCUT2D eigenvalue weighted by molar-refractivity contribution is 5.30. The predicted molar refractivity (Wildman–Crippen MR) is 78.1 cm³/mol. The summed E-state index contributed by atoms with van der Waals surface area (Å²) in [4.78, 5) is 0. The van der Waals surface area contributed by atoms with Crippen LogP contribution >= 0.6 is 0 Å². The Labute approximate surface area is 120 Å². The Morgan fingerprint density at radius 1 is 1.40 bits per heavy atom. The molecule has 114 valence electrons. The monoisotopic (exact) mass is 284 g/mol. The highest BCUT2D eigenvalue weighted by Crippen LogP contribution is 2.25. The van der Waals surface area contributed by atoms with Crippen LogP contribution in [0.4, 0.5) is 4.39 Å². The number of rotatable bonds is 8. The number of hydrazine groups is 1. The van der Waals surface area contributed by atoms with Crippen LogP contribution in [0.15, 0.2) is 18.2 Å². The lowest BCUT2D eigenvalue weighted by Crippen LogP contribution is -2.54.